The Hall–Kier alpha value is -1.72. The number of nitrogens with zero attached hydrogens (tertiary/aromatic N) is 1. The molecule has 0 aliphatic heterocycles. The molecule has 1 atom stereocenters. The fourth-order valence-corrected chi connectivity index (χ4v) is 3.11. The molecular formula is C17H23N3OS. The third kappa shape index (κ3) is 4.64. The van der Waals surface area contributed by atoms with Gasteiger partial charge in [-0.25, -0.2) is 4.98 Å². The second kappa shape index (κ2) is 8.06. The van der Waals surface area contributed by atoms with E-state index in [1.807, 2.05) is 44.2 Å². The average molecular weight is 317 g/mol. The fourth-order valence-electron chi connectivity index (χ4n) is 2.17. The monoisotopic (exact) mass is 317 g/mol. The number of rotatable bonds is 7. The molecule has 1 heterocycles. The van der Waals surface area contributed by atoms with Gasteiger partial charge in [0.15, 0.2) is 0 Å². The van der Waals surface area contributed by atoms with E-state index >= 15 is 0 Å². The lowest BCUT2D eigenvalue weighted by molar-refractivity contribution is -0.118. The molecule has 1 aromatic carbocycles. The number of hydrogen-bond acceptors (Lipinski definition) is 4. The summed E-state index contributed by atoms with van der Waals surface area (Å²) in [4.78, 5) is 18.0. The van der Waals surface area contributed by atoms with E-state index in [2.05, 4.69) is 22.5 Å². The molecule has 0 radical (unpaired) electrons. The smallest absolute Gasteiger partial charge is 0.241 e. The zero-order chi connectivity index (χ0) is 15.9. The van der Waals surface area contributed by atoms with Crippen molar-refractivity contribution in [3.05, 3.63) is 45.9 Å². The van der Waals surface area contributed by atoms with Crippen LogP contribution in [0.25, 0.3) is 0 Å². The van der Waals surface area contributed by atoms with E-state index in [1.54, 1.807) is 11.3 Å². The number of para-hydroxylation sites is 1. The summed E-state index contributed by atoms with van der Waals surface area (Å²) in [6.45, 7) is 6.89. The van der Waals surface area contributed by atoms with Crippen molar-refractivity contribution >= 4 is 22.9 Å². The molecule has 2 N–H and O–H groups in total. The van der Waals surface area contributed by atoms with Crippen molar-refractivity contribution in [2.24, 2.45) is 0 Å². The van der Waals surface area contributed by atoms with Gasteiger partial charge in [0.1, 0.15) is 0 Å². The van der Waals surface area contributed by atoms with Crippen LogP contribution < -0.4 is 10.6 Å². The van der Waals surface area contributed by atoms with E-state index in [0.29, 0.717) is 0 Å². The highest BCUT2D eigenvalue weighted by atomic mass is 32.1. The topological polar surface area (TPSA) is 54.0 Å². The van der Waals surface area contributed by atoms with Gasteiger partial charge >= 0.3 is 0 Å². The largest absolute Gasteiger partial charge is 0.325 e. The van der Waals surface area contributed by atoms with Gasteiger partial charge in [0.2, 0.25) is 5.91 Å². The Kier molecular flexibility index (Phi) is 6.10. The van der Waals surface area contributed by atoms with Gasteiger partial charge in [-0.3, -0.25) is 4.79 Å². The molecule has 0 fully saturated rings. The summed E-state index contributed by atoms with van der Waals surface area (Å²) in [5.41, 5.74) is 1.94. The number of nitrogens with one attached hydrogen (secondary N) is 2. The first kappa shape index (κ1) is 16.6. The summed E-state index contributed by atoms with van der Waals surface area (Å²) in [7, 11) is 0. The molecule has 0 spiro atoms. The summed E-state index contributed by atoms with van der Waals surface area (Å²) in [5, 5.41) is 7.39. The maximum absolute atomic E-state index is 12.3. The number of anilines is 1. The number of aromatic nitrogens is 1. The molecule has 1 amide bonds. The Bertz CT molecular complexity index is 590. The zero-order valence-electron chi connectivity index (χ0n) is 13.3. The van der Waals surface area contributed by atoms with E-state index < -0.39 is 0 Å². The molecular weight excluding hydrogens is 294 g/mol. The maximum Gasteiger partial charge on any atom is 0.241 e. The Morgan fingerprint density at radius 2 is 2.00 bits per heavy atom. The lowest BCUT2D eigenvalue weighted by Crippen LogP contribution is -2.40. The normalized spacial score (nSPS) is 12.1. The van der Waals surface area contributed by atoms with Crippen LogP contribution in [-0.4, -0.2) is 23.5 Å². The van der Waals surface area contributed by atoms with Gasteiger partial charge in [-0.2, -0.15) is 0 Å². The van der Waals surface area contributed by atoms with E-state index in [0.717, 1.165) is 35.8 Å². The lowest BCUT2D eigenvalue weighted by Gasteiger charge is -2.16. The van der Waals surface area contributed by atoms with Crippen LogP contribution in [0.3, 0.4) is 0 Å². The molecule has 0 saturated heterocycles. The third-order valence-corrected chi connectivity index (χ3v) is 4.70. The number of carbonyl (C=O) groups is 1. The number of amides is 1. The minimum absolute atomic E-state index is 0.0141. The molecule has 0 saturated carbocycles. The summed E-state index contributed by atoms with van der Waals surface area (Å²) in [6.07, 6.45) is 1.61. The summed E-state index contributed by atoms with van der Waals surface area (Å²) < 4.78 is 0. The maximum atomic E-state index is 12.3. The molecule has 118 valence electrons. The SMILES string of the molecule is CCC(NCCc1nc(C)c(C)s1)C(=O)Nc1ccccc1. The van der Waals surface area contributed by atoms with Crippen LogP contribution in [0.2, 0.25) is 0 Å². The molecule has 2 rings (SSSR count). The second-order valence-electron chi connectivity index (χ2n) is 5.27. The van der Waals surface area contributed by atoms with Crippen LogP contribution in [0.4, 0.5) is 5.69 Å². The van der Waals surface area contributed by atoms with Gasteiger partial charge < -0.3 is 10.6 Å². The molecule has 0 aliphatic rings. The van der Waals surface area contributed by atoms with Gasteiger partial charge in [0.05, 0.1) is 16.7 Å². The van der Waals surface area contributed by atoms with Gasteiger partial charge in [-0.1, -0.05) is 25.1 Å². The van der Waals surface area contributed by atoms with Crippen molar-refractivity contribution in [3.8, 4) is 0 Å². The number of carbonyl (C=O) groups excluding carboxylic acids is 1. The van der Waals surface area contributed by atoms with Gasteiger partial charge in [-0.05, 0) is 32.4 Å². The average Bonchev–Trinajstić information content (AvgIpc) is 2.83. The van der Waals surface area contributed by atoms with Crippen LogP contribution >= 0.6 is 11.3 Å². The van der Waals surface area contributed by atoms with Gasteiger partial charge in [0, 0.05) is 23.5 Å². The predicted molar refractivity (Wildman–Crippen MR) is 92.4 cm³/mol. The first-order valence-corrected chi connectivity index (χ1v) is 8.44. The van der Waals surface area contributed by atoms with Crippen molar-refractivity contribution in [3.63, 3.8) is 0 Å². The molecule has 1 aromatic heterocycles. The summed E-state index contributed by atoms with van der Waals surface area (Å²) in [5.74, 6) is 0.0141. The predicted octanol–water partition coefficient (Wildman–Crippen LogP) is 3.31. The van der Waals surface area contributed by atoms with Crippen LogP contribution in [0.5, 0.6) is 0 Å². The van der Waals surface area contributed by atoms with Crippen LogP contribution in [0.15, 0.2) is 30.3 Å². The van der Waals surface area contributed by atoms with Crippen molar-refractivity contribution < 1.29 is 4.79 Å². The van der Waals surface area contributed by atoms with Crippen molar-refractivity contribution in [2.45, 2.75) is 39.7 Å². The highest BCUT2D eigenvalue weighted by Crippen LogP contribution is 2.16. The van der Waals surface area contributed by atoms with Crippen molar-refractivity contribution in [1.29, 1.82) is 0 Å². The fraction of sp³-hybridized carbons (Fsp3) is 0.412. The van der Waals surface area contributed by atoms with E-state index in [9.17, 15) is 4.79 Å². The minimum atomic E-state index is -0.178. The van der Waals surface area contributed by atoms with E-state index in [-0.39, 0.29) is 11.9 Å². The molecule has 4 nitrogen and oxygen atoms in total. The van der Waals surface area contributed by atoms with Crippen LogP contribution in [0.1, 0.15) is 28.9 Å². The Morgan fingerprint density at radius 1 is 1.27 bits per heavy atom. The van der Waals surface area contributed by atoms with E-state index in [4.69, 9.17) is 0 Å². The first-order valence-electron chi connectivity index (χ1n) is 7.62. The first-order chi connectivity index (χ1) is 10.6. The van der Waals surface area contributed by atoms with Crippen molar-refractivity contribution in [2.75, 3.05) is 11.9 Å². The Morgan fingerprint density at radius 3 is 2.59 bits per heavy atom. The molecule has 1 unspecified atom stereocenters. The number of aryl methyl sites for hydroxylation is 2. The van der Waals surface area contributed by atoms with Crippen LogP contribution in [-0.2, 0) is 11.2 Å². The van der Waals surface area contributed by atoms with E-state index in [1.165, 1.54) is 4.88 Å². The standard InChI is InChI=1S/C17H23N3OS/c1-4-15(17(21)20-14-8-6-5-7-9-14)18-11-10-16-19-12(2)13(3)22-16/h5-9,15,18H,4,10-11H2,1-3H3,(H,20,21). The van der Waals surface area contributed by atoms with Crippen molar-refractivity contribution in [1.82, 2.24) is 10.3 Å². The van der Waals surface area contributed by atoms with Gasteiger partial charge in [-0.15, -0.1) is 11.3 Å². The molecule has 0 bridgehead atoms. The zero-order valence-corrected chi connectivity index (χ0v) is 14.2. The minimum Gasteiger partial charge on any atom is -0.325 e. The number of benzene rings is 1. The highest BCUT2D eigenvalue weighted by molar-refractivity contribution is 7.11. The Balaban J connectivity index is 1.82. The lowest BCUT2D eigenvalue weighted by atomic mass is 10.2. The van der Waals surface area contributed by atoms with Gasteiger partial charge in [0.25, 0.3) is 0 Å². The number of hydrogen-bond donors (Lipinski definition) is 2. The Labute approximate surface area is 136 Å². The summed E-state index contributed by atoms with van der Waals surface area (Å²) in [6, 6.07) is 9.37. The second-order valence-corrected chi connectivity index (χ2v) is 6.56. The number of thiazole rings is 1. The molecule has 5 heteroatoms. The molecule has 2 aromatic rings. The van der Waals surface area contributed by atoms with Crippen LogP contribution in [0, 0.1) is 13.8 Å². The third-order valence-electron chi connectivity index (χ3n) is 3.57. The molecule has 22 heavy (non-hydrogen) atoms. The summed E-state index contributed by atoms with van der Waals surface area (Å²) >= 11 is 1.73. The quantitative estimate of drug-likeness (QED) is 0.824. The highest BCUT2D eigenvalue weighted by Gasteiger charge is 2.15. The molecule has 0 aliphatic carbocycles.